The van der Waals surface area contributed by atoms with Crippen molar-refractivity contribution >= 4 is 46.0 Å². The number of carbonyl (C=O) groups excluding carboxylic acids is 1. The van der Waals surface area contributed by atoms with Crippen molar-refractivity contribution in [2.45, 2.75) is 0 Å². The third-order valence-electron chi connectivity index (χ3n) is 4.20. The lowest BCUT2D eigenvalue weighted by Crippen LogP contribution is -2.15. The lowest BCUT2D eigenvalue weighted by molar-refractivity contribution is -0.114. The van der Waals surface area contributed by atoms with Gasteiger partial charge in [0.1, 0.15) is 16.9 Å². The number of hydrogen-bond acceptors (Lipinski definition) is 4. The van der Waals surface area contributed by atoms with E-state index >= 15 is 0 Å². The molecule has 4 aromatic rings. The number of hydrogen-bond donors (Lipinski definition) is 1. The van der Waals surface area contributed by atoms with Gasteiger partial charge in [0.25, 0.3) is 0 Å². The van der Waals surface area contributed by atoms with E-state index in [9.17, 15) is 9.18 Å². The highest BCUT2D eigenvalue weighted by Gasteiger charge is 2.16. The number of carbonyl (C=O) groups is 1. The van der Waals surface area contributed by atoms with Crippen LogP contribution in [0.4, 0.5) is 10.3 Å². The van der Waals surface area contributed by atoms with Crippen molar-refractivity contribution in [2.24, 2.45) is 0 Å². The third kappa shape index (κ3) is 4.04. The molecule has 0 spiro atoms. The van der Waals surface area contributed by atoms with E-state index in [-0.39, 0.29) is 22.5 Å². The van der Waals surface area contributed by atoms with Gasteiger partial charge in [-0.25, -0.2) is 19.3 Å². The molecule has 2 aromatic heterocycles. The molecule has 0 saturated heterocycles. The van der Waals surface area contributed by atoms with Crippen molar-refractivity contribution in [3.8, 4) is 22.5 Å². The van der Waals surface area contributed by atoms with E-state index in [0.717, 1.165) is 10.9 Å². The minimum atomic E-state index is -0.481. The number of amides is 1. The van der Waals surface area contributed by atoms with E-state index in [2.05, 4.69) is 20.3 Å². The zero-order valence-corrected chi connectivity index (χ0v) is 16.4. The summed E-state index contributed by atoms with van der Waals surface area (Å²) in [5.74, 6) is -1.20. The molecule has 0 atom stereocenters. The molecule has 2 aromatic carbocycles. The maximum atomic E-state index is 14.4. The highest BCUT2D eigenvalue weighted by Crippen LogP contribution is 2.32. The molecule has 5 nitrogen and oxygen atoms in total. The van der Waals surface area contributed by atoms with Crippen LogP contribution in [0.1, 0.15) is 0 Å². The fraction of sp³-hybridized carbons (Fsp3) is 0.0476. The van der Waals surface area contributed by atoms with Crippen molar-refractivity contribution in [1.82, 2.24) is 15.0 Å². The number of fused-ring (bicyclic) bond motifs is 1. The summed E-state index contributed by atoms with van der Waals surface area (Å²) < 4.78 is 14.4. The van der Waals surface area contributed by atoms with Gasteiger partial charge in [-0.2, -0.15) is 0 Å². The number of aromatic nitrogens is 3. The van der Waals surface area contributed by atoms with Gasteiger partial charge in [-0.05, 0) is 30.3 Å². The second-order valence-electron chi connectivity index (χ2n) is 6.14. The van der Waals surface area contributed by atoms with Gasteiger partial charge in [-0.15, -0.1) is 11.6 Å². The molecule has 0 aliphatic heterocycles. The van der Waals surface area contributed by atoms with Crippen molar-refractivity contribution in [3.63, 3.8) is 0 Å². The van der Waals surface area contributed by atoms with Crippen LogP contribution in [0.5, 0.6) is 0 Å². The number of nitrogens with zero attached hydrogens (tertiary/aromatic N) is 3. The molecule has 144 valence electrons. The number of rotatable bonds is 4. The highest BCUT2D eigenvalue weighted by molar-refractivity contribution is 6.32. The molecule has 1 N–H and O–H groups in total. The Morgan fingerprint density at radius 2 is 1.62 bits per heavy atom. The van der Waals surface area contributed by atoms with Gasteiger partial charge in [0.2, 0.25) is 11.9 Å². The molecule has 4 rings (SSSR count). The van der Waals surface area contributed by atoms with E-state index in [1.807, 2.05) is 30.3 Å². The van der Waals surface area contributed by atoms with Crippen LogP contribution >= 0.6 is 23.2 Å². The molecule has 0 bridgehead atoms. The summed E-state index contributed by atoms with van der Waals surface area (Å²) in [7, 11) is 0. The predicted octanol–water partition coefficient (Wildman–Crippen LogP) is 5.33. The maximum absolute atomic E-state index is 14.4. The summed E-state index contributed by atoms with van der Waals surface area (Å²) in [6, 6.07) is 17.2. The van der Waals surface area contributed by atoms with Crippen LogP contribution in [0.15, 0.2) is 60.7 Å². The number of pyridine rings is 1. The van der Waals surface area contributed by atoms with E-state index in [0.29, 0.717) is 17.0 Å². The molecule has 1 amide bonds. The second-order valence-corrected chi connectivity index (χ2v) is 6.77. The van der Waals surface area contributed by atoms with E-state index in [1.165, 1.54) is 6.07 Å². The lowest BCUT2D eigenvalue weighted by Gasteiger charge is -2.11. The Bertz CT molecular complexity index is 1230. The van der Waals surface area contributed by atoms with Gasteiger partial charge in [0.05, 0.1) is 16.9 Å². The molecule has 0 fully saturated rings. The first kappa shape index (κ1) is 19.2. The fourth-order valence-electron chi connectivity index (χ4n) is 2.88. The number of alkyl halides is 1. The zero-order chi connectivity index (χ0) is 20.4. The largest absolute Gasteiger partial charge is 0.293 e. The molecule has 8 heteroatoms. The van der Waals surface area contributed by atoms with Crippen LogP contribution in [0.2, 0.25) is 5.15 Å². The Morgan fingerprint density at radius 1 is 0.931 bits per heavy atom. The Hall–Kier alpha value is -3.09. The normalized spacial score (nSPS) is 10.9. The molecule has 0 aliphatic carbocycles. The summed E-state index contributed by atoms with van der Waals surface area (Å²) in [6.07, 6.45) is 0. The summed E-state index contributed by atoms with van der Waals surface area (Å²) in [4.78, 5) is 24.8. The van der Waals surface area contributed by atoms with Gasteiger partial charge < -0.3 is 0 Å². The van der Waals surface area contributed by atoms with Crippen molar-refractivity contribution < 1.29 is 9.18 Å². The zero-order valence-electron chi connectivity index (χ0n) is 14.9. The number of para-hydroxylation sites is 1. The van der Waals surface area contributed by atoms with Crippen LogP contribution in [0, 0.1) is 5.82 Å². The molecular formula is C21H13Cl2FN4O. The number of anilines is 1. The van der Waals surface area contributed by atoms with Crippen molar-refractivity contribution in [3.05, 3.63) is 71.6 Å². The molecule has 0 saturated carbocycles. The quantitative estimate of drug-likeness (QED) is 0.353. The van der Waals surface area contributed by atoms with Gasteiger partial charge in [0, 0.05) is 16.5 Å². The average molecular weight is 427 g/mol. The topological polar surface area (TPSA) is 67.8 Å². The first-order valence-electron chi connectivity index (χ1n) is 8.60. The minimum absolute atomic E-state index is 0.00405. The summed E-state index contributed by atoms with van der Waals surface area (Å²) >= 11 is 12.0. The Balaban J connectivity index is 1.92. The lowest BCUT2D eigenvalue weighted by atomic mass is 10.1. The fourth-order valence-corrected chi connectivity index (χ4v) is 3.19. The van der Waals surface area contributed by atoms with Gasteiger partial charge >= 0.3 is 0 Å². The molecule has 0 unspecified atom stereocenters. The summed E-state index contributed by atoms with van der Waals surface area (Å²) in [5, 5.41) is 3.61. The van der Waals surface area contributed by atoms with Gasteiger partial charge in [-0.3, -0.25) is 10.1 Å². The number of benzene rings is 2. The van der Waals surface area contributed by atoms with Crippen LogP contribution < -0.4 is 5.32 Å². The molecule has 2 heterocycles. The van der Waals surface area contributed by atoms with Crippen molar-refractivity contribution in [1.29, 1.82) is 0 Å². The van der Waals surface area contributed by atoms with E-state index in [4.69, 9.17) is 23.2 Å². The van der Waals surface area contributed by atoms with Crippen LogP contribution in [0.3, 0.4) is 0 Å². The molecule has 0 radical (unpaired) electrons. The maximum Gasteiger partial charge on any atom is 0.241 e. The molecule has 29 heavy (non-hydrogen) atoms. The Labute approximate surface area is 175 Å². The third-order valence-corrected chi connectivity index (χ3v) is 4.73. The Morgan fingerprint density at radius 3 is 2.38 bits per heavy atom. The van der Waals surface area contributed by atoms with Crippen LogP contribution in [-0.2, 0) is 4.79 Å². The number of halogens is 3. The standard InChI is InChI=1S/C21H13Cl2FN4O/c22-11-19(29)28-21-26-17(13-6-2-3-7-15(13)24)10-18(27-21)14-9-12-5-1-4-8-16(12)25-20(14)23/h1-10H,11H2,(H,26,27,28,29). The SMILES string of the molecule is O=C(CCl)Nc1nc(-c2ccccc2F)cc(-c2cc3ccccc3nc2Cl)n1. The van der Waals surface area contributed by atoms with Gasteiger partial charge in [0.15, 0.2) is 0 Å². The van der Waals surface area contributed by atoms with E-state index in [1.54, 1.807) is 24.3 Å². The summed E-state index contributed by atoms with van der Waals surface area (Å²) in [6.45, 7) is 0. The van der Waals surface area contributed by atoms with Crippen molar-refractivity contribution in [2.75, 3.05) is 11.2 Å². The van der Waals surface area contributed by atoms with Crippen LogP contribution in [0.25, 0.3) is 33.4 Å². The summed E-state index contributed by atoms with van der Waals surface area (Å²) in [5.41, 5.74) is 2.22. The minimum Gasteiger partial charge on any atom is -0.293 e. The van der Waals surface area contributed by atoms with E-state index < -0.39 is 11.7 Å². The smallest absolute Gasteiger partial charge is 0.241 e. The molecule has 0 aliphatic rings. The molecular weight excluding hydrogens is 414 g/mol. The number of nitrogens with one attached hydrogen (secondary N) is 1. The first-order chi connectivity index (χ1) is 14.0. The monoisotopic (exact) mass is 426 g/mol. The average Bonchev–Trinajstić information content (AvgIpc) is 2.73. The second kappa shape index (κ2) is 8.11. The Kier molecular flexibility index (Phi) is 5.38. The van der Waals surface area contributed by atoms with Gasteiger partial charge in [-0.1, -0.05) is 41.9 Å². The first-order valence-corrected chi connectivity index (χ1v) is 9.52. The van der Waals surface area contributed by atoms with Crippen LogP contribution in [-0.4, -0.2) is 26.7 Å². The highest BCUT2D eigenvalue weighted by atomic mass is 35.5. The predicted molar refractivity (Wildman–Crippen MR) is 113 cm³/mol.